The van der Waals surface area contributed by atoms with Crippen molar-refractivity contribution in [3.05, 3.63) is 106 Å². The van der Waals surface area contributed by atoms with Crippen molar-refractivity contribution in [1.29, 1.82) is 0 Å². The van der Waals surface area contributed by atoms with Gasteiger partial charge in [0.2, 0.25) is 5.91 Å². The molecule has 6 heteroatoms. The highest BCUT2D eigenvalue weighted by Gasteiger charge is 2.32. The summed E-state index contributed by atoms with van der Waals surface area (Å²) < 4.78 is 5.99. The summed E-state index contributed by atoms with van der Waals surface area (Å²) in [5.41, 5.74) is 3.25. The molecule has 0 saturated heterocycles. The van der Waals surface area contributed by atoms with Gasteiger partial charge in [0.1, 0.15) is 11.5 Å². The molecule has 0 fully saturated rings. The first-order valence-corrected chi connectivity index (χ1v) is 9.52. The van der Waals surface area contributed by atoms with Crippen molar-refractivity contribution in [2.24, 2.45) is 0 Å². The minimum absolute atomic E-state index is 0.171. The molecule has 2 N–H and O–H groups in total. The summed E-state index contributed by atoms with van der Waals surface area (Å²) in [5, 5.41) is 9.57. The summed E-state index contributed by atoms with van der Waals surface area (Å²) in [5.74, 6) is 0.664. The fourth-order valence-electron chi connectivity index (χ4n) is 3.71. The average Bonchev–Trinajstić information content (AvgIpc) is 2.78. The Bertz CT molecular complexity index is 1250. The third-order valence-corrected chi connectivity index (χ3v) is 5.08. The van der Waals surface area contributed by atoms with Crippen LogP contribution >= 0.6 is 0 Å². The molecule has 0 unspecified atom stereocenters. The van der Waals surface area contributed by atoms with E-state index in [1.54, 1.807) is 6.07 Å². The Morgan fingerprint density at radius 3 is 2.13 bits per heavy atom. The van der Waals surface area contributed by atoms with Crippen LogP contribution in [0, 0.1) is 0 Å². The Hall–Kier alpha value is -4.19. The standard InChI is InChI=1S/C24H17N3O3/c28-22-14-13-19(26-27-22)15-7-1-4-10-18(15)25-24(29)23-16-8-2-5-11-20(16)30-21-12-6-3-9-17(21)23/h1-14,23H,(H,25,29)(H,27,28). The molecule has 3 aromatic carbocycles. The van der Waals surface area contributed by atoms with Gasteiger partial charge in [-0.15, -0.1) is 0 Å². The maximum atomic E-state index is 13.5. The highest BCUT2D eigenvalue weighted by atomic mass is 16.5. The van der Waals surface area contributed by atoms with Crippen LogP contribution in [0.4, 0.5) is 5.69 Å². The van der Waals surface area contributed by atoms with Crippen molar-refractivity contribution in [1.82, 2.24) is 10.2 Å². The van der Waals surface area contributed by atoms with Gasteiger partial charge in [-0.05, 0) is 24.3 Å². The van der Waals surface area contributed by atoms with E-state index >= 15 is 0 Å². The normalized spacial score (nSPS) is 12.4. The van der Waals surface area contributed by atoms with Gasteiger partial charge >= 0.3 is 0 Å². The molecule has 0 spiro atoms. The van der Waals surface area contributed by atoms with Crippen LogP contribution in [0.15, 0.2) is 89.7 Å². The van der Waals surface area contributed by atoms with Crippen LogP contribution in [-0.2, 0) is 4.79 Å². The lowest BCUT2D eigenvalue weighted by Crippen LogP contribution is -2.25. The Morgan fingerprint density at radius 2 is 1.47 bits per heavy atom. The first-order chi connectivity index (χ1) is 14.7. The number of amides is 1. The second-order valence-electron chi connectivity index (χ2n) is 6.95. The molecule has 6 nitrogen and oxygen atoms in total. The Morgan fingerprint density at radius 1 is 0.833 bits per heavy atom. The predicted molar refractivity (Wildman–Crippen MR) is 114 cm³/mol. The second-order valence-corrected chi connectivity index (χ2v) is 6.95. The average molecular weight is 395 g/mol. The van der Waals surface area contributed by atoms with Crippen molar-refractivity contribution >= 4 is 11.6 Å². The van der Waals surface area contributed by atoms with Crippen LogP contribution < -0.4 is 15.6 Å². The number of rotatable bonds is 3. The zero-order chi connectivity index (χ0) is 20.5. The van der Waals surface area contributed by atoms with Crippen LogP contribution in [0.2, 0.25) is 0 Å². The molecular formula is C24H17N3O3. The maximum absolute atomic E-state index is 13.5. The highest BCUT2D eigenvalue weighted by molar-refractivity contribution is 6.02. The number of nitrogens with zero attached hydrogens (tertiary/aromatic N) is 1. The molecule has 0 aliphatic carbocycles. The number of H-pyrrole nitrogens is 1. The Balaban J connectivity index is 1.55. The number of benzene rings is 3. The number of ether oxygens (including phenoxy) is 1. The van der Waals surface area contributed by atoms with E-state index in [2.05, 4.69) is 15.5 Å². The van der Waals surface area contributed by atoms with Gasteiger partial charge in [0.05, 0.1) is 17.3 Å². The zero-order valence-corrected chi connectivity index (χ0v) is 15.8. The molecule has 30 heavy (non-hydrogen) atoms. The van der Waals surface area contributed by atoms with Gasteiger partial charge in [-0.2, -0.15) is 5.10 Å². The number of hydrogen-bond donors (Lipinski definition) is 2. The Kier molecular flexibility index (Phi) is 4.37. The van der Waals surface area contributed by atoms with E-state index in [0.717, 1.165) is 16.7 Å². The molecule has 4 aromatic rings. The van der Waals surface area contributed by atoms with Crippen LogP contribution in [0.1, 0.15) is 17.0 Å². The molecule has 146 valence electrons. The molecular weight excluding hydrogens is 378 g/mol. The van der Waals surface area contributed by atoms with Gasteiger partial charge in [0.25, 0.3) is 5.56 Å². The van der Waals surface area contributed by atoms with E-state index in [-0.39, 0.29) is 11.5 Å². The lowest BCUT2D eigenvalue weighted by atomic mass is 9.87. The first-order valence-electron chi connectivity index (χ1n) is 9.52. The summed E-state index contributed by atoms with van der Waals surface area (Å²) in [6.07, 6.45) is 0. The molecule has 0 atom stereocenters. The van der Waals surface area contributed by atoms with Crippen LogP contribution in [0.3, 0.4) is 0 Å². The van der Waals surface area contributed by atoms with Gasteiger partial charge < -0.3 is 10.1 Å². The summed E-state index contributed by atoms with van der Waals surface area (Å²) in [6, 6.07) is 25.5. The van der Waals surface area contributed by atoms with Crippen molar-refractivity contribution in [3.63, 3.8) is 0 Å². The highest BCUT2D eigenvalue weighted by Crippen LogP contribution is 2.44. The van der Waals surface area contributed by atoms with Gasteiger partial charge in [0.15, 0.2) is 0 Å². The monoisotopic (exact) mass is 395 g/mol. The first kappa shape index (κ1) is 17.9. The van der Waals surface area contributed by atoms with Crippen molar-refractivity contribution in [2.45, 2.75) is 5.92 Å². The van der Waals surface area contributed by atoms with E-state index in [9.17, 15) is 9.59 Å². The quantitative estimate of drug-likeness (QED) is 0.541. The van der Waals surface area contributed by atoms with Gasteiger partial charge in [-0.1, -0.05) is 54.6 Å². The third-order valence-electron chi connectivity index (χ3n) is 5.08. The third kappa shape index (κ3) is 3.14. The fraction of sp³-hybridized carbons (Fsp3) is 0.0417. The van der Waals surface area contributed by atoms with Gasteiger partial charge in [0, 0.05) is 22.8 Å². The van der Waals surface area contributed by atoms with E-state index in [4.69, 9.17) is 4.74 Å². The topological polar surface area (TPSA) is 84.1 Å². The molecule has 0 radical (unpaired) electrons. The van der Waals surface area contributed by atoms with E-state index in [1.165, 1.54) is 6.07 Å². The second kappa shape index (κ2) is 7.33. The van der Waals surface area contributed by atoms with Crippen molar-refractivity contribution in [3.8, 4) is 22.8 Å². The van der Waals surface area contributed by atoms with E-state index in [0.29, 0.717) is 22.9 Å². The van der Waals surface area contributed by atoms with E-state index < -0.39 is 5.92 Å². The number of carbonyl (C=O) groups is 1. The van der Waals surface area contributed by atoms with E-state index in [1.807, 2.05) is 72.8 Å². The van der Waals surface area contributed by atoms with Crippen LogP contribution in [-0.4, -0.2) is 16.1 Å². The number of aromatic amines is 1. The fourth-order valence-corrected chi connectivity index (χ4v) is 3.71. The smallest absolute Gasteiger partial charge is 0.264 e. The summed E-state index contributed by atoms with van der Waals surface area (Å²) in [7, 11) is 0. The molecule has 1 aromatic heterocycles. The van der Waals surface area contributed by atoms with Crippen molar-refractivity contribution < 1.29 is 9.53 Å². The number of carbonyl (C=O) groups excluding carboxylic acids is 1. The van der Waals surface area contributed by atoms with Crippen LogP contribution in [0.25, 0.3) is 11.3 Å². The minimum Gasteiger partial charge on any atom is -0.457 e. The van der Waals surface area contributed by atoms with Crippen LogP contribution in [0.5, 0.6) is 11.5 Å². The number of hydrogen-bond acceptors (Lipinski definition) is 4. The number of aromatic nitrogens is 2. The maximum Gasteiger partial charge on any atom is 0.264 e. The molecule has 0 bridgehead atoms. The largest absolute Gasteiger partial charge is 0.457 e. The lowest BCUT2D eigenvalue weighted by molar-refractivity contribution is -0.116. The zero-order valence-electron chi connectivity index (χ0n) is 15.8. The molecule has 0 saturated carbocycles. The molecule has 1 amide bonds. The number of anilines is 1. The minimum atomic E-state index is -0.511. The number of fused-ring (bicyclic) bond motifs is 2. The molecule has 2 heterocycles. The summed E-state index contributed by atoms with van der Waals surface area (Å²) in [4.78, 5) is 24.8. The molecule has 1 aliphatic rings. The molecule has 5 rings (SSSR count). The number of nitrogens with one attached hydrogen (secondary N) is 2. The SMILES string of the molecule is O=C(Nc1ccccc1-c1ccc(=O)[nH]n1)C1c2ccccc2Oc2ccccc21. The van der Waals surface area contributed by atoms with Gasteiger partial charge in [-0.3, -0.25) is 9.59 Å². The lowest BCUT2D eigenvalue weighted by Gasteiger charge is -2.27. The summed E-state index contributed by atoms with van der Waals surface area (Å²) in [6.45, 7) is 0. The van der Waals surface area contributed by atoms with Crippen molar-refractivity contribution in [2.75, 3.05) is 5.32 Å². The predicted octanol–water partition coefficient (Wildman–Crippen LogP) is 4.31. The Labute approximate surface area is 172 Å². The number of para-hydroxylation sites is 3. The molecule has 1 aliphatic heterocycles. The summed E-state index contributed by atoms with van der Waals surface area (Å²) >= 11 is 0. The van der Waals surface area contributed by atoms with Gasteiger partial charge in [-0.25, -0.2) is 5.10 Å².